The van der Waals surface area contributed by atoms with Crippen LogP contribution in [0.15, 0.2) is 48.5 Å². The highest BCUT2D eigenvalue weighted by atomic mass is 16.5. The number of aryl methyl sites for hydroxylation is 1. The Morgan fingerprint density at radius 3 is 2.04 bits per heavy atom. The van der Waals surface area contributed by atoms with E-state index in [1.807, 2.05) is 12.1 Å². The van der Waals surface area contributed by atoms with Gasteiger partial charge in [-0.1, -0.05) is 24.3 Å². The lowest BCUT2D eigenvalue weighted by Crippen LogP contribution is -2.22. The molecule has 0 aliphatic rings. The van der Waals surface area contributed by atoms with Crippen molar-refractivity contribution in [3.8, 4) is 5.75 Å². The molecule has 2 aromatic carbocycles. The molecular formula is C22H33N3O. The summed E-state index contributed by atoms with van der Waals surface area (Å²) in [6.07, 6.45) is 3.38. The van der Waals surface area contributed by atoms with E-state index in [1.165, 1.54) is 23.2 Å². The second-order valence-electron chi connectivity index (χ2n) is 7.00. The molecule has 0 atom stereocenters. The lowest BCUT2D eigenvalue weighted by atomic mass is 10.1. The summed E-state index contributed by atoms with van der Waals surface area (Å²) >= 11 is 0. The van der Waals surface area contributed by atoms with Gasteiger partial charge in [0.25, 0.3) is 0 Å². The zero-order valence-corrected chi connectivity index (χ0v) is 16.4. The molecule has 142 valence electrons. The van der Waals surface area contributed by atoms with E-state index in [4.69, 9.17) is 10.5 Å². The van der Waals surface area contributed by atoms with Gasteiger partial charge in [-0.2, -0.15) is 0 Å². The Kier molecular flexibility index (Phi) is 8.45. The molecule has 0 radical (unpaired) electrons. The smallest absolute Gasteiger partial charge is 0.119 e. The largest absolute Gasteiger partial charge is 0.492 e. The average molecular weight is 356 g/mol. The van der Waals surface area contributed by atoms with Gasteiger partial charge in [0, 0.05) is 32.9 Å². The van der Waals surface area contributed by atoms with Gasteiger partial charge in [0.2, 0.25) is 0 Å². The molecule has 0 saturated carbocycles. The number of likely N-dealkylation sites (N-methyl/N-ethyl adjacent to an activating group) is 1. The molecule has 2 aromatic rings. The first-order valence-corrected chi connectivity index (χ1v) is 9.45. The average Bonchev–Trinajstić information content (AvgIpc) is 2.66. The Bertz CT molecular complexity index is 623. The normalized spacial score (nSPS) is 11.0. The molecule has 2 N–H and O–H groups in total. The van der Waals surface area contributed by atoms with Crippen molar-refractivity contribution in [2.45, 2.75) is 19.3 Å². The molecule has 0 saturated heterocycles. The maximum Gasteiger partial charge on any atom is 0.119 e. The van der Waals surface area contributed by atoms with E-state index in [1.54, 1.807) is 0 Å². The summed E-state index contributed by atoms with van der Waals surface area (Å²) in [4.78, 5) is 4.54. The molecule has 4 heteroatoms. The zero-order valence-electron chi connectivity index (χ0n) is 16.4. The third-order valence-corrected chi connectivity index (χ3v) is 4.55. The van der Waals surface area contributed by atoms with Crippen molar-refractivity contribution in [2.75, 3.05) is 52.3 Å². The quantitative estimate of drug-likeness (QED) is 0.672. The number of ether oxygens (including phenoxy) is 1. The Hall–Kier alpha value is -2.04. The summed E-state index contributed by atoms with van der Waals surface area (Å²) in [5, 5.41) is 0. The van der Waals surface area contributed by atoms with Gasteiger partial charge in [-0.3, -0.25) is 0 Å². The van der Waals surface area contributed by atoms with E-state index >= 15 is 0 Å². The minimum atomic E-state index is 0.548. The second kappa shape index (κ2) is 10.8. The fourth-order valence-electron chi connectivity index (χ4n) is 2.87. The van der Waals surface area contributed by atoms with Crippen molar-refractivity contribution in [2.24, 2.45) is 5.73 Å². The molecule has 2 rings (SSSR count). The first-order chi connectivity index (χ1) is 12.6. The molecule has 0 fully saturated rings. The predicted octanol–water partition coefficient (Wildman–Crippen LogP) is 3.20. The molecule has 0 aromatic heterocycles. The van der Waals surface area contributed by atoms with Crippen molar-refractivity contribution < 1.29 is 4.74 Å². The first kappa shape index (κ1) is 20.3. The van der Waals surface area contributed by atoms with Gasteiger partial charge in [0.05, 0.1) is 0 Å². The number of benzene rings is 2. The third-order valence-electron chi connectivity index (χ3n) is 4.55. The molecule has 26 heavy (non-hydrogen) atoms. The summed E-state index contributed by atoms with van der Waals surface area (Å²) in [5.74, 6) is 0.896. The van der Waals surface area contributed by atoms with E-state index in [-0.39, 0.29) is 0 Å². The van der Waals surface area contributed by atoms with E-state index in [0.29, 0.717) is 13.2 Å². The van der Waals surface area contributed by atoms with Crippen molar-refractivity contribution >= 4 is 5.69 Å². The van der Waals surface area contributed by atoms with E-state index in [9.17, 15) is 0 Å². The van der Waals surface area contributed by atoms with Crippen LogP contribution in [0.5, 0.6) is 5.75 Å². The van der Waals surface area contributed by atoms with Crippen LogP contribution < -0.4 is 15.4 Å². The van der Waals surface area contributed by atoms with Gasteiger partial charge in [0.15, 0.2) is 0 Å². The predicted molar refractivity (Wildman–Crippen MR) is 111 cm³/mol. The molecular weight excluding hydrogens is 322 g/mol. The molecule has 0 bridgehead atoms. The van der Waals surface area contributed by atoms with E-state index in [2.05, 4.69) is 67.3 Å². The van der Waals surface area contributed by atoms with Crippen LogP contribution in [-0.4, -0.2) is 52.3 Å². The molecule has 4 nitrogen and oxygen atoms in total. The van der Waals surface area contributed by atoms with Crippen LogP contribution >= 0.6 is 0 Å². The molecule has 0 aliphatic carbocycles. The Balaban J connectivity index is 1.66. The summed E-state index contributed by atoms with van der Waals surface area (Å²) < 4.78 is 5.51. The van der Waals surface area contributed by atoms with E-state index in [0.717, 1.165) is 31.7 Å². The van der Waals surface area contributed by atoms with Gasteiger partial charge >= 0.3 is 0 Å². The van der Waals surface area contributed by atoms with Crippen LogP contribution in [0.2, 0.25) is 0 Å². The molecule has 0 aliphatic heterocycles. The lowest BCUT2D eigenvalue weighted by molar-refractivity contribution is 0.327. The van der Waals surface area contributed by atoms with Crippen LogP contribution in [0.3, 0.4) is 0 Å². The molecule has 0 spiro atoms. The van der Waals surface area contributed by atoms with Crippen molar-refractivity contribution in [1.82, 2.24) is 4.90 Å². The number of hydrogen-bond donors (Lipinski definition) is 1. The summed E-state index contributed by atoms with van der Waals surface area (Å²) in [5.41, 5.74) is 9.46. The summed E-state index contributed by atoms with van der Waals surface area (Å²) in [6, 6.07) is 17.2. The monoisotopic (exact) mass is 355 g/mol. The first-order valence-electron chi connectivity index (χ1n) is 9.45. The van der Waals surface area contributed by atoms with Gasteiger partial charge < -0.3 is 20.3 Å². The Morgan fingerprint density at radius 1 is 0.808 bits per heavy atom. The molecule has 0 unspecified atom stereocenters. The van der Waals surface area contributed by atoms with Crippen LogP contribution in [0, 0.1) is 0 Å². The number of anilines is 1. The maximum atomic E-state index is 5.51. The molecule has 0 amide bonds. The number of hydrogen-bond acceptors (Lipinski definition) is 4. The van der Waals surface area contributed by atoms with Gasteiger partial charge in [-0.15, -0.1) is 0 Å². The lowest BCUT2D eigenvalue weighted by Gasteiger charge is -2.17. The topological polar surface area (TPSA) is 41.7 Å². The van der Waals surface area contributed by atoms with Gasteiger partial charge in [-0.05, 0) is 68.2 Å². The minimum Gasteiger partial charge on any atom is -0.492 e. The second-order valence-corrected chi connectivity index (χ2v) is 7.00. The van der Waals surface area contributed by atoms with Crippen LogP contribution in [-0.2, 0) is 12.8 Å². The standard InChI is InChI=1S/C22H33N3O/c1-24(2)21-10-6-19(7-11-21)5-4-16-25(3)17-14-20-8-12-22(13-9-20)26-18-15-23/h6-13H,4-5,14-18,23H2,1-3H3. The Morgan fingerprint density at radius 2 is 1.42 bits per heavy atom. The van der Waals surface area contributed by atoms with Crippen molar-refractivity contribution in [3.63, 3.8) is 0 Å². The highest BCUT2D eigenvalue weighted by molar-refractivity contribution is 5.46. The highest BCUT2D eigenvalue weighted by Gasteiger charge is 2.02. The number of nitrogens with two attached hydrogens (primary N) is 1. The SMILES string of the molecule is CN(CCCc1ccc(N(C)C)cc1)CCc1ccc(OCCN)cc1. The van der Waals surface area contributed by atoms with Crippen molar-refractivity contribution in [1.29, 1.82) is 0 Å². The minimum absolute atomic E-state index is 0.548. The molecule has 0 heterocycles. The van der Waals surface area contributed by atoms with Gasteiger partial charge in [-0.25, -0.2) is 0 Å². The summed E-state index contributed by atoms with van der Waals surface area (Å²) in [7, 11) is 6.35. The number of rotatable bonds is 11. The third kappa shape index (κ3) is 7.06. The summed E-state index contributed by atoms with van der Waals surface area (Å²) in [6.45, 7) is 3.31. The fraction of sp³-hybridized carbons (Fsp3) is 0.455. The number of nitrogens with zero attached hydrogens (tertiary/aromatic N) is 2. The van der Waals surface area contributed by atoms with Crippen molar-refractivity contribution in [3.05, 3.63) is 59.7 Å². The Labute approximate surface area is 158 Å². The van der Waals surface area contributed by atoms with Gasteiger partial charge in [0.1, 0.15) is 12.4 Å². The van der Waals surface area contributed by atoms with E-state index < -0.39 is 0 Å². The van der Waals surface area contributed by atoms with Crippen LogP contribution in [0.1, 0.15) is 17.5 Å². The maximum absolute atomic E-state index is 5.51. The van der Waals surface area contributed by atoms with Crippen LogP contribution in [0.4, 0.5) is 5.69 Å². The fourth-order valence-corrected chi connectivity index (χ4v) is 2.87. The van der Waals surface area contributed by atoms with Crippen LogP contribution in [0.25, 0.3) is 0 Å². The zero-order chi connectivity index (χ0) is 18.8. The highest BCUT2D eigenvalue weighted by Crippen LogP contribution is 2.14.